The largest absolute Gasteiger partial charge is 0.446 e. The predicted molar refractivity (Wildman–Crippen MR) is 195 cm³/mol. The molecule has 9 nitrogen and oxygen atoms in total. The number of hydrogen-bond donors (Lipinski definition) is 1. The number of para-hydroxylation sites is 1. The Kier molecular flexibility index (Phi) is 13.4. The molecule has 3 amide bonds. The minimum Gasteiger partial charge on any atom is -0.446 e. The maximum Gasteiger partial charge on any atom is 0.411 e. The molecular formula is C40H52FN5O4. The molecule has 2 aliphatic heterocycles. The van der Waals surface area contributed by atoms with Crippen LogP contribution in [0.5, 0.6) is 0 Å². The molecule has 2 saturated heterocycles. The number of benzene rings is 3. The highest BCUT2D eigenvalue weighted by molar-refractivity contribution is 5.94. The highest BCUT2D eigenvalue weighted by Crippen LogP contribution is 2.28. The van der Waals surface area contributed by atoms with E-state index in [1.54, 1.807) is 18.0 Å². The van der Waals surface area contributed by atoms with Crippen molar-refractivity contribution in [3.8, 4) is 11.1 Å². The Bertz CT molecular complexity index is 1570. The molecular weight excluding hydrogens is 633 g/mol. The van der Waals surface area contributed by atoms with Gasteiger partial charge in [0.05, 0.1) is 11.3 Å². The van der Waals surface area contributed by atoms with E-state index in [1.807, 2.05) is 79.4 Å². The molecule has 0 saturated carbocycles. The number of anilines is 1. The van der Waals surface area contributed by atoms with E-state index in [4.69, 9.17) is 4.74 Å². The normalized spacial score (nSPS) is 16.2. The molecule has 50 heavy (non-hydrogen) atoms. The molecule has 5 rings (SSSR count). The summed E-state index contributed by atoms with van der Waals surface area (Å²) in [6.45, 7) is 10.6. The van der Waals surface area contributed by atoms with Gasteiger partial charge < -0.3 is 19.4 Å². The van der Waals surface area contributed by atoms with E-state index in [2.05, 4.69) is 15.1 Å². The summed E-state index contributed by atoms with van der Waals surface area (Å²) in [4.78, 5) is 46.6. The second kappa shape index (κ2) is 18.1. The van der Waals surface area contributed by atoms with E-state index in [1.165, 1.54) is 6.07 Å². The number of nitrogens with one attached hydrogen (secondary N) is 1. The number of rotatable bonds is 13. The Hall–Kier alpha value is -4.28. The van der Waals surface area contributed by atoms with Gasteiger partial charge in [-0.3, -0.25) is 19.8 Å². The van der Waals surface area contributed by atoms with Crippen LogP contribution in [0, 0.1) is 11.7 Å². The van der Waals surface area contributed by atoms with E-state index in [0.717, 1.165) is 94.6 Å². The van der Waals surface area contributed by atoms with Crippen LogP contribution in [0.15, 0.2) is 72.8 Å². The third-order valence-electron chi connectivity index (χ3n) is 10.1. The number of carbonyl (C=O) groups is 3. The highest BCUT2D eigenvalue weighted by Gasteiger charge is 2.28. The van der Waals surface area contributed by atoms with Gasteiger partial charge in [-0.2, -0.15) is 0 Å². The van der Waals surface area contributed by atoms with Crippen molar-refractivity contribution in [3.05, 3.63) is 89.7 Å². The molecule has 0 unspecified atom stereocenters. The minimum atomic E-state index is -0.499. The minimum absolute atomic E-state index is 0.0623. The summed E-state index contributed by atoms with van der Waals surface area (Å²) < 4.78 is 20.9. The average molecular weight is 686 g/mol. The van der Waals surface area contributed by atoms with Crippen LogP contribution in [-0.4, -0.2) is 103 Å². The molecule has 0 radical (unpaired) electrons. The number of ether oxygens (including phenoxy) is 1. The molecule has 0 aromatic heterocycles. The van der Waals surface area contributed by atoms with E-state index in [0.29, 0.717) is 18.8 Å². The number of likely N-dealkylation sites (tertiary alicyclic amines) is 2. The van der Waals surface area contributed by atoms with Crippen molar-refractivity contribution in [1.82, 2.24) is 19.6 Å². The lowest BCUT2D eigenvalue weighted by molar-refractivity contribution is -0.136. The second-order valence-corrected chi connectivity index (χ2v) is 13.4. The summed E-state index contributed by atoms with van der Waals surface area (Å²) in [5, 5.41) is 2.92. The van der Waals surface area contributed by atoms with E-state index >= 15 is 4.39 Å². The zero-order chi connectivity index (χ0) is 35.5. The van der Waals surface area contributed by atoms with E-state index < -0.39 is 11.9 Å². The van der Waals surface area contributed by atoms with Crippen LogP contribution in [0.25, 0.3) is 11.1 Å². The molecule has 1 N–H and O–H groups in total. The van der Waals surface area contributed by atoms with Crippen LogP contribution in [0.3, 0.4) is 0 Å². The van der Waals surface area contributed by atoms with Gasteiger partial charge in [-0.05, 0) is 94.9 Å². The van der Waals surface area contributed by atoms with Crippen molar-refractivity contribution in [3.63, 3.8) is 0 Å². The molecule has 268 valence electrons. The van der Waals surface area contributed by atoms with Crippen molar-refractivity contribution in [1.29, 1.82) is 0 Å². The number of carbonyl (C=O) groups excluding carboxylic acids is 3. The molecule has 2 heterocycles. The van der Waals surface area contributed by atoms with Crippen LogP contribution in [0.2, 0.25) is 0 Å². The molecule has 3 aromatic carbocycles. The molecule has 10 heteroatoms. The number of amides is 3. The molecule has 2 fully saturated rings. The highest BCUT2D eigenvalue weighted by atomic mass is 19.1. The number of halogens is 1. The molecule has 0 aliphatic carbocycles. The number of piperidine rings is 2. The van der Waals surface area contributed by atoms with E-state index in [-0.39, 0.29) is 29.4 Å². The van der Waals surface area contributed by atoms with Crippen LogP contribution in [0.1, 0.15) is 61.9 Å². The quantitative estimate of drug-likeness (QED) is 0.214. The Morgan fingerprint density at radius 3 is 2.20 bits per heavy atom. The lowest BCUT2D eigenvalue weighted by atomic mass is 9.94. The lowest BCUT2D eigenvalue weighted by Gasteiger charge is -2.33. The summed E-state index contributed by atoms with van der Waals surface area (Å²) >= 11 is 0. The van der Waals surface area contributed by atoms with Gasteiger partial charge in [0.1, 0.15) is 11.9 Å². The third-order valence-corrected chi connectivity index (χ3v) is 10.1. The Balaban J connectivity index is 0.999. The van der Waals surface area contributed by atoms with Crippen molar-refractivity contribution >= 4 is 23.6 Å². The number of nitrogens with zero attached hydrogens (tertiary/aromatic N) is 4. The van der Waals surface area contributed by atoms with Gasteiger partial charge in [0.15, 0.2) is 0 Å². The Labute approximate surface area is 296 Å². The van der Waals surface area contributed by atoms with Crippen molar-refractivity contribution in [2.24, 2.45) is 5.92 Å². The summed E-state index contributed by atoms with van der Waals surface area (Å²) in [7, 11) is 1.72. The standard InChI is InChI=1S/C40H52FN5O4/c1-4-46(5-2)38(47)32-18-24-45(25-19-32)29-30-16-17-35(36(41)28-30)39(48)43(3)22-11-23-44-26-20-33(21-27-44)50-40(49)42-37-15-10-9-14-34(37)31-12-7-6-8-13-31/h6-10,12-17,28,32-33H,4-5,11,18-27,29H2,1-3H3,(H,42,49). The lowest BCUT2D eigenvalue weighted by Crippen LogP contribution is -2.42. The summed E-state index contributed by atoms with van der Waals surface area (Å²) in [6.07, 6.45) is 3.27. The van der Waals surface area contributed by atoms with Gasteiger partial charge in [-0.15, -0.1) is 0 Å². The Morgan fingerprint density at radius 2 is 1.52 bits per heavy atom. The van der Waals surface area contributed by atoms with Crippen LogP contribution < -0.4 is 5.32 Å². The van der Waals surface area contributed by atoms with Gasteiger partial charge >= 0.3 is 6.09 Å². The van der Waals surface area contributed by atoms with Crippen molar-refractivity contribution in [2.75, 3.05) is 64.7 Å². The fourth-order valence-electron chi connectivity index (χ4n) is 7.06. The third kappa shape index (κ3) is 9.91. The average Bonchev–Trinajstić information content (AvgIpc) is 3.13. The van der Waals surface area contributed by atoms with Gasteiger partial charge in [0.2, 0.25) is 5.91 Å². The predicted octanol–water partition coefficient (Wildman–Crippen LogP) is 6.75. The first-order chi connectivity index (χ1) is 24.2. The fraction of sp³-hybridized carbons (Fsp3) is 0.475. The monoisotopic (exact) mass is 685 g/mol. The number of hydrogen-bond acceptors (Lipinski definition) is 6. The molecule has 3 aromatic rings. The molecule has 2 aliphatic rings. The topological polar surface area (TPSA) is 85.4 Å². The van der Waals surface area contributed by atoms with Crippen LogP contribution >= 0.6 is 0 Å². The summed E-state index contributed by atoms with van der Waals surface area (Å²) in [5.41, 5.74) is 3.60. The van der Waals surface area contributed by atoms with Gasteiger partial charge in [-0.1, -0.05) is 54.6 Å². The Morgan fingerprint density at radius 1 is 0.860 bits per heavy atom. The van der Waals surface area contributed by atoms with Gasteiger partial charge in [0, 0.05) is 57.8 Å². The van der Waals surface area contributed by atoms with Gasteiger partial charge in [-0.25, -0.2) is 9.18 Å². The smallest absolute Gasteiger partial charge is 0.411 e. The van der Waals surface area contributed by atoms with Crippen LogP contribution in [-0.2, 0) is 16.1 Å². The van der Waals surface area contributed by atoms with Crippen molar-refractivity contribution < 1.29 is 23.5 Å². The first-order valence-electron chi connectivity index (χ1n) is 18.1. The maximum absolute atomic E-state index is 15.1. The first-order valence-corrected chi connectivity index (χ1v) is 18.1. The van der Waals surface area contributed by atoms with Crippen LogP contribution in [0.4, 0.5) is 14.9 Å². The molecule has 0 spiro atoms. The SMILES string of the molecule is CCN(CC)C(=O)C1CCN(Cc2ccc(C(=O)N(C)CCCN3CCC(OC(=O)Nc4ccccc4-c4ccccc4)CC3)c(F)c2)CC1. The molecule has 0 bridgehead atoms. The fourth-order valence-corrected chi connectivity index (χ4v) is 7.06. The van der Waals surface area contributed by atoms with Crippen molar-refractivity contribution in [2.45, 2.75) is 58.6 Å². The van der Waals surface area contributed by atoms with Gasteiger partial charge in [0.25, 0.3) is 5.91 Å². The molecule has 0 atom stereocenters. The maximum atomic E-state index is 15.1. The summed E-state index contributed by atoms with van der Waals surface area (Å²) in [6, 6.07) is 22.5. The summed E-state index contributed by atoms with van der Waals surface area (Å²) in [5.74, 6) is -0.518. The zero-order valence-corrected chi connectivity index (χ0v) is 29.8. The van der Waals surface area contributed by atoms with E-state index in [9.17, 15) is 14.4 Å². The zero-order valence-electron chi connectivity index (χ0n) is 29.8. The second-order valence-electron chi connectivity index (χ2n) is 13.4. The first kappa shape index (κ1) is 37.0.